The minimum Gasteiger partial charge on any atom is -0.481 e. The first kappa shape index (κ1) is 24.8. The molecule has 0 bridgehead atoms. The minimum absolute atomic E-state index is 0.0479. The Morgan fingerprint density at radius 3 is 2.50 bits per heavy atom. The molecule has 2 heterocycles. The standard InChI is InChI=1S/C27H24F2N4O3/c1-16(25-20(29)5-4-14-30-25)31-27(36)18-10-13-21-23(15-18)32-22(6-2-3-7-24(34)35)26(33-21)17-8-11-19(28)12-9-17/h4-5,8-16H,2-3,6-7H2,1H3,(H,31,36)(H,34,35). The number of pyridine rings is 1. The van der Waals surface area contributed by atoms with Crippen molar-refractivity contribution in [3.63, 3.8) is 0 Å². The first-order valence-corrected chi connectivity index (χ1v) is 11.5. The van der Waals surface area contributed by atoms with E-state index in [4.69, 9.17) is 15.1 Å². The summed E-state index contributed by atoms with van der Waals surface area (Å²) in [6, 6.07) is 12.9. The van der Waals surface area contributed by atoms with Crippen molar-refractivity contribution in [2.75, 3.05) is 0 Å². The first-order chi connectivity index (χ1) is 17.3. The molecule has 1 unspecified atom stereocenters. The van der Waals surface area contributed by atoms with Gasteiger partial charge in [-0.25, -0.2) is 18.7 Å². The lowest BCUT2D eigenvalue weighted by molar-refractivity contribution is -0.137. The average molecular weight is 491 g/mol. The number of carbonyl (C=O) groups excluding carboxylic acids is 1. The SMILES string of the molecule is CC(NC(=O)c1ccc2nc(-c3ccc(F)cc3)c(CCCCC(=O)O)nc2c1)c1ncccc1F. The number of fused-ring (bicyclic) bond motifs is 1. The molecule has 0 radical (unpaired) electrons. The van der Waals surface area contributed by atoms with Crippen molar-refractivity contribution in [1.82, 2.24) is 20.3 Å². The third-order valence-electron chi connectivity index (χ3n) is 5.72. The first-order valence-electron chi connectivity index (χ1n) is 11.5. The zero-order valence-electron chi connectivity index (χ0n) is 19.5. The van der Waals surface area contributed by atoms with Crippen LogP contribution in [0.1, 0.15) is 54.0 Å². The van der Waals surface area contributed by atoms with E-state index in [1.165, 1.54) is 30.5 Å². The van der Waals surface area contributed by atoms with Crippen molar-refractivity contribution >= 4 is 22.9 Å². The minimum atomic E-state index is -0.867. The molecule has 0 aliphatic rings. The Morgan fingerprint density at radius 1 is 1.00 bits per heavy atom. The highest BCUT2D eigenvalue weighted by molar-refractivity contribution is 5.97. The predicted molar refractivity (Wildman–Crippen MR) is 130 cm³/mol. The van der Waals surface area contributed by atoms with Gasteiger partial charge in [0.25, 0.3) is 5.91 Å². The van der Waals surface area contributed by atoms with Crippen LogP contribution in [0.2, 0.25) is 0 Å². The summed E-state index contributed by atoms with van der Waals surface area (Å²) in [6.45, 7) is 1.65. The van der Waals surface area contributed by atoms with Crippen LogP contribution >= 0.6 is 0 Å². The van der Waals surface area contributed by atoms with Gasteiger partial charge in [-0.05, 0) is 80.8 Å². The van der Waals surface area contributed by atoms with E-state index in [-0.39, 0.29) is 17.9 Å². The van der Waals surface area contributed by atoms with Gasteiger partial charge >= 0.3 is 5.97 Å². The molecule has 36 heavy (non-hydrogen) atoms. The van der Waals surface area contributed by atoms with Gasteiger partial charge in [-0.15, -0.1) is 0 Å². The van der Waals surface area contributed by atoms with Crippen molar-refractivity contribution in [2.24, 2.45) is 0 Å². The second kappa shape index (κ2) is 11.0. The zero-order valence-corrected chi connectivity index (χ0v) is 19.5. The van der Waals surface area contributed by atoms with Crippen molar-refractivity contribution in [3.8, 4) is 11.3 Å². The molecule has 0 saturated carbocycles. The highest BCUT2D eigenvalue weighted by Crippen LogP contribution is 2.26. The molecule has 184 valence electrons. The van der Waals surface area contributed by atoms with E-state index >= 15 is 0 Å². The molecular formula is C27H24F2N4O3. The average Bonchev–Trinajstić information content (AvgIpc) is 2.86. The Balaban J connectivity index is 1.63. The van der Waals surface area contributed by atoms with E-state index in [0.717, 1.165) is 0 Å². The fraction of sp³-hybridized carbons (Fsp3) is 0.222. The van der Waals surface area contributed by atoms with E-state index in [0.29, 0.717) is 52.8 Å². The number of amides is 1. The van der Waals surface area contributed by atoms with E-state index in [1.807, 2.05) is 0 Å². The third kappa shape index (κ3) is 5.86. The maximum absolute atomic E-state index is 14.0. The van der Waals surface area contributed by atoms with Crippen LogP contribution in [0.3, 0.4) is 0 Å². The molecule has 4 aromatic rings. The largest absolute Gasteiger partial charge is 0.481 e. The number of benzene rings is 2. The number of nitrogens with one attached hydrogen (secondary N) is 1. The lowest BCUT2D eigenvalue weighted by atomic mass is 10.0. The van der Waals surface area contributed by atoms with Gasteiger partial charge in [-0.3, -0.25) is 14.6 Å². The Hall–Kier alpha value is -4.27. The van der Waals surface area contributed by atoms with Crippen LogP contribution in [0.25, 0.3) is 22.3 Å². The summed E-state index contributed by atoms with van der Waals surface area (Å²) in [7, 11) is 0. The maximum Gasteiger partial charge on any atom is 0.303 e. The molecule has 2 N–H and O–H groups in total. The monoisotopic (exact) mass is 490 g/mol. The molecule has 7 nitrogen and oxygen atoms in total. The van der Waals surface area contributed by atoms with Crippen molar-refractivity contribution in [1.29, 1.82) is 0 Å². The van der Waals surface area contributed by atoms with Crippen LogP contribution in [0, 0.1) is 11.6 Å². The molecule has 1 atom stereocenters. The number of aryl methyl sites for hydroxylation is 1. The van der Waals surface area contributed by atoms with Gasteiger partial charge in [0.15, 0.2) is 0 Å². The van der Waals surface area contributed by atoms with Gasteiger partial charge in [0.05, 0.1) is 34.2 Å². The number of halogens is 2. The van der Waals surface area contributed by atoms with E-state index in [1.54, 1.807) is 37.3 Å². The van der Waals surface area contributed by atoms with E-state index < -0.39 is 23.7 Å². The molecule has 0 spiro atoms. The molecule has 0 aliphatic heterocycles. The summed E-state index contributed by atoms with van der Waals surface area (Å²) in [5.41, 5.74) is 3.38. The molecule has 9 heteroatoms. The molecule has 0 saturated heterocycles. The van der Waals surface area contributed by atoms with E-state index in [9.17, 15) is 18.4 Å². The van der Waals surface area contributed by atoms with Gasteiger partial charge in [-0.2, -0.15) is 0 Å². The Morgan fingerprint density at radius 2 is 1.78 bits per heavy atom. The fourth-order valence-corrected chi connectivity index (χ4v) is 3.88. The van der Waals surface area contributed by atoms with Gasteiger partial charge in [0, 0.05) is 23.7 Å². The number of hydrogen-bond donors (Lipinski definition) is 2. The summed E-state index contributed by atoms with van der Waals surface area (Å²) in [6.07, 6.45) is 3.03. The molecule has 0 fully saturated rings. The Bertz CT molecular complexity index is 1410. The maximum atomic E-state index is 14.0. The van der Waals surface area contributed by atoms with Gasteiger partial charge in [-0.1, -0.05) is 0 Å². The summed E-state index contributed by atoms with van der Waals surface area (Å²) in [4.78, 5) is 37.2. The van der Waals surface area contributed by atoms with Crippen molar-refractivity contribution in [3.05, 3.63) is 89.4 Å². The number of nitrogens with zero attached hydrogens (tertiary/aromatic N) is 3. The molecule has 0 aliphatic carbocycles. The number of carboxylic acids is 1. The van der Waals surface area contributed by atoms with Crippen LogP contribution < -0.4 is 5.32 Å². The van der Waals surface area contributed by atoms with Crippen LogP contribution in [-0.4, -0.2) is 31.9 Å². The Labute approximate surface area is 206 Å². The Kier molecular flexibility index (Phi) is 7.58. The van der Waals surface area contributed by atoms with Crippen LogP contribution in [0.4, 0.5) is 8.78 Å². The summed E-state index contributed by atoms with van der Waals surface area (Å²) >= 11 is 0. The molecule has 1 amide bonds. The molecule has 2 aromatic carbocycles. The summed E-state index contributed by atoms with van der Waals surface area (Å²) in [5, 5.41) is 11.7. The summed E-state index contributed by atoms with van der Waals surface area (Å²) in [5.74, 6) is -2.16. The number of unbranched alkanes of at least 4 members (excludes halogenated alkanes) is 1. The molecule has 4 rings (SSSR count). The van der Waals surface area contributed by atoms with Crippen LogP contribution in [0.5, 0.6) is 0 Å². The lowest BCUT2D eigenvalue weighted by Gasteiger charge is -2.15. The molecule has 2 aromatic heterocycles. The normalized spacial score (nSPS) is 11.9. The summed E-state index contributed by atoms with van der Waals surface area (Å²) < 4.78 is 27.5. The smallest absolute Gasteiger partial charge is 0.303 e. The second-order valence-electron chi connectivity index (χ2n) is 8.40. The highest BCUT2D eigenvalue weighted by atomic mass is 19.1. The molecular weight excluding hydrogens is 466 g/mol. The zero-order chi connectivity index (χ0) is 25.7. The second-order valence-corrected chi connectivity index (χ2v) is 8.40. The predicted octanol–water partition coefficient (Wildman–Crippen LogP) is 5.26. The quantitative estimate of drug-likeness (QED) is 0.310. The number of rotatable bonds is 9. The van der Waals surface area contributed by atoms with Crippen molar-refractivity contribution < 1.29 is 23.5 Å². The fourth-order valence-electron chi connectivity index (χ4n) is 3.88. The topological polar surface area (TPSA) is 105 Å². The van der Waals surface area contributed by atoms with Gasteiger partial charge in [0.1, 0.15) is 11.6 Å². The van der Waals surface area contributed by atoms with Gasteiger partial charge < -0.3 is 10.4 Å². The number of carboxylic acid groups (broad SMARTS) is 1. The number of hydrogen-bond acceptors (Lipinski definition) is 5. The number of aliphatic carboxylic acids is 1. The van der Waals surface area contributed by atoms with Gasteiger partial charge in [0.2, 0.25) is 0 Å². The highest BCUT2D eigenvalue weighted by Gasteiger charge is 2.18. The van der Waals surface area contributed by atoms with Crippen LogP contribution in [0.15, 0.2) is 60.8 Å². The third-order valence-corrected chi connectivity index (χ3v) is 5.72. The number of carbonyl (C=O) groups is 2. The van der Waals surface area contributed by atoms with Crippen molar-refractivity contribution in [2.45, 2.75) is 38.6 Å². The van der Waals surface area contributed by atoms with E-state index in [2.05, 4.69) is 10.3 Å². The number of aromatic nitrogens is 3. The lowest BCUT2D eigenvalue weighted by Crippen LogP contribution is -2.27. The van der Waals surface area contributed by atoms with Crippen LogP contribution in [-0.2, 0) is 11.2 Å².